The molecule has 29 aromatic rings. The number of rotatable bonds is 12. The van der Waals surface area contributed by atoms with E-state index in [4.69, 9.17) is 13.3 Å². The van der Waals surface area contributed by atoms with E-state index in [1.807, 2.05) is 0 Å². The zero-order valence-corrected chi connectivity index (χ0v) is 79.0. The van der Waals surface area contributed by atoms with Crippen molar-refractivity contribution in [1.82, 2.24) is 0 Å². The maximum atomic E-state index is 6.89. The summed E-state index contributed by atoms with van der Waals surface area (Å²) in [6.45, 7) is 2.15. The van der Waals surface area contributed by atoms with E-state index < -0.39 is 0 Å². The molecule has 3 heteroatoms. The van der Waals surface area contributed by atoms with Crippen LogP contribution in [0.3, 0.4) is 0 Å². The van der Waals surface area contributed by atoms with Crippen LogP contribution >= 0.6 is 0 Å². The molecule has 672 valence electrons. The monoisotopic (exact) mass is 1830 g/mol. The van der Waals surface area contributed by atoms with Gasteiger partial charge in [0, 0.05) is 43.4 Å². The lowest BCUT2D eigenvalue weighted by Crippen LogP contribution is -1.93. The Kier molecular flexibility index (Phi) is 20.9. The maximum Gasteiger partial charge on any atom is 0.143 e. The van der Waals surface area contributed by atoms with Crippen molar-refractivity contribution in [3.63, 3.8) is 0 Å². The number of hydrogen-bond donors (Lipinski definition) is 0. The van der Waals surface area contributed by atoms with E-state index in [9.17, 15) is 0 Å². The minimum atomic E-state index is 0.896. The first-order valence-corrected chi connectivity index (χ1v) is 49.6. The topological polar surface area (TPSA) is 39.4 Å². The van der Waals surface area contributed by atoms with Crippen LogP contribution in [0.1, 0.15) is 5.56 Å². The molecule has 3 aromatic heterocycles. The second kappa shape index (κ2) is 35.6. The van der Waals surface area contributed by atoms with Gasteiger partial charge in [-0.05, 0) is 288 Å². The van der Waals surface area contributed by atoms with Crippen LogP contribution in [0.15, 0.2) is 541 Å². The summed E-state index contributed by atoms with van der Waals surface area (Å²) in [5, 5.41) is 26.6. The van der Waals surface area contributed by atoms with E-state index in [0.717, 1.165) is 93.6 Å². The summed E-state index contributed by atoms with van der Waals surface area (Å²) in [4.78, 5) is 0. The van der Waals surface area contributed by atoms with Gasteiger partial charge in [-0.3, -0.25) is 0 Å². The molecule has 0 aliphatic rings. The highest BCUT2D eigenvalue weighted by Crippen LogP contribution is 2.55. The molecule has 0 bridgehead atoms. The molecule has 0 saturated heterocycles. The van der Waals surface area contributed by atoms with Crippen LogP contribution in [0.2, 0.25) is 0 Å². The van der Waals surface area contributed by atoms with E-state index in [1.54, 1.807) is 0 Å². The molecule has 26 aromatic carbocycles. The van der Waals surface area contributed by atoms with Gasteiger partial charge in [0.25, 0.3) is 0 Å². The summed E-state index contributed by atoms with van der Waals surface area (Å²) >= 11 is 0. The van der Waals surface area contributed by atoms with E-state index in [-0.39, 0.29) is 0 Å². The van der Waals surface area contributed by atoms with Crippen molar-refractivity contribution < 1.29 is 13.3 Å². The molecule has 0 N–H and O–H groups in total. The van der Waals surface area contributed by atoms with E-state index in [0.29, 0.717) is 0 Å². The van der Waals surface area contributed by atoms with E-state index >= 15 is 0 Å². The van der Waals surface area contributed by atoms with Gasteiger partial charge in [-0.1, -0.05) is 461 Å². The van der Waals surface area contributed by atoms with Gasteiger partial charge in [0.2, 0.25) is 0 Å². The summed E-state index contributed by atoms with van der Waals surface area (Å²) in [6.07, 6.45) is 0. The fraction of sp³-hybridized carbons (Fsp3) is 0.00709. The number of hydrogen-bond acceptors (Lipinski definition) is 3. The smallest absolute Gasteiger partial charge is 0.143 e. The average Bonchev–Trinajstić information content (AvgIpc) is 1.31. The molecule has 0 amide bonds. The number of aryl methyl sites for hydroxylation is 1. The summed E-state index contributed by atoms with van der Waals surface area (Å²) < 4.78 is 20.2. The first kappa shape index (κ1) is 84.5. The molecule has 3 nitrogen and oxygen atoms in total. The van der Waals surface area contributed by atoms with Crippen molar-refractivity contribution in [3.05, 3.63) is 533 Å². The molecular formula is C141H90O3. The third-order valence-corrected chi connectivity index (χ3v) is 29.4. The van der Waals surface area contributed by atoms with Crippen molar-refractivity contribution in [2.24, 2.45) is 0 Å². The molecule has 29 rings (SSSR count). The summed E-state index contributed by atoms with van der Waals surface area (Å²) in [7, 11) is 0. The minimum absolute atomic E-state index is 0.896. The van der Waals surface area contributed by atoms with Crippen molar-refractivity contribution in [1.29, 1.82) is 0 Å². The van der Waals surface area contributed by atoms with Gasteiger partial charge >= 0.3 is 0 Å². The fourth-order valence-electron chi connectivity index (χ4n) is 23.0. The Balaban J connectivity index is 0.000000108. The Bertz CT molecular complexity index is 9900. The zero-order valence-electron chi connectivity index (χ0n) is 79.0. The van der Waals surface area contributed by atoms with Gasteiger partial charge in [0.05, 0.1) is 0 Å². The predicted octanol–water partition coefficient (Wildman–Crippen LogP) is 40.3. The Morgan fingerprint density at radius 1 is 0.125 bits per heavy atom. The second-order valence-corrected chi connectivity index (χ2v) is 37.7. The van der Waals surface area contributed by atoms with Gasteiger partial charge in [0.15, 0.2) is 0 Å². The molecule has 0 radical (unpaired) electrons. The summed E-state index contributed by atoms with van der Waals surface area (Å²) in [6, 6.07) is 190. The third kappa shape index (κ3) is 14.5. The minimum Gasteiger partial charge on any atom is -0.456 e. The fourth-order valence-corrected chi connectivity index (χ4v) is 23.0. The quantitative estimate of drug-likeness (QED) is 0.0904. The Morgan fingerprint density at radius 3 is 0.868 bits per heavy atom. The van der Waals surface area contributed by atoms with Gasteiger partial charge in [-0.2, -0.15) is 0 Å². The van der Waals surface area contributed by atoms with Crippen molar-refractivity contribution in [3.8, 4) is 134 Å². The van der Waals surface area contributed by atoms with Crippen LogP contribution in [0, 0.1) is 6.92 Å². The normalized spacial score (nSPS) is 11.6. The summed E-state index contributed by atoms with van der Waals surface area (Å²) in [5.74, 6) is 0. The molecule has 0 atom stereocenters. The van der Waals surface area contributed by atoms with E-state index in [2.05, 4.69) is 535 Å². The van der Waals surface area contributed by atoms with Gasteiger partial charge in [0.1, 0.15) is 33.5 Å². The molecule has 0 aliphatic heterocycles. The number of para-hydroxylation sites is 3. The highest BCUT2D eigenvalue weighted by atomic mass is 16.3. The van der Waals surface area contributed by atoms with Crippen molar-refractivity contribution >= 4 is 152 Å². The molecule has 144 heavy (non-hydrogen) atoms. The molecular weight excluding hydrogens is 1740 g/mol. The van der Waals surface area contributed by atoms with Crippen LogP contribution in [-0.2, 0) is 0 Å². The Morgan fingerprint density at radius 2 is 0.417 bits per heavy atom. The lowest BCUT2D eigenvalue weighted by molar-refractivity contribution is 0.669. The van der Waals surface area contributed by atoms with Gasteiger partial charge < -0.3 is 13.3 Å². The lowest BCUT2D eigenvalue weighted by atomic mass is 9.83. The number of fused-ring (bicyclic) bond motifs is 18. The maximum absolute atomic E-state index is 6.89. The summed E-state index contributed by atoms with van der Waals surface area (Å²) in [5.41, 5.74) is 35.5. The predicted molar refractivity (Wildman–Crippen MR) is 611 cm³/mol. The molecule has 0 unspecified atom stereocenters. The standard InChI is InChI=1S/C50H32O.C47H30O.C44H28O/c1-4-16-33(17-5-1)36-28-37(34-18-6-2-7-19-34)30-39(29-36)48-40-22-10-12-24-42(40)49(43-25-13-11-23-41(43)48)45-31-38(35-20-8-3-9-21-35)32-47-50(45)44-26-14-15-27-46(44)51-47;1-29-22-24-30(25-23-29)44-35-16-6-8-18-37(35)45(38-19-9-7-17-36(38)44)41-27-26-39(47-46(41)40-20-10-11-21-43(40)48-47)42-28-31-12-2-3-13-32(31)33-14-4-5-15-34(33)42;1-3-14-29(15-4-1)31-18-13-19-32(28-31)41-34-20-7-9-22-36(34)42(37-23-10-8-21-35(37)41)39-27-26-33(30-16-5-2-6-17-30)44-43(39)38-24-11-12-25-40(38)45-44/h1-32H;2-28H,1H3;1-28H. The second-order valence-electron chi connectivity index (χ2n) is 37.7. The molecule has 3 heterocycles. The number of furan rings is 3. The molecule has 0 spiro atoms. The van der Waals surface area contributed by atoms with Crippen LogP contribution in [0.5, 0.6) is 0 Å². The lowest BCUT2D eigenvalue weighted by Gasteiger charge is -2.20. The first-order chi connectivity index (χ1) is 71.4. The van der Waals surface area contributed by atoms with Gasteiger partial charge in [-0.25, -0.2) is 0 Å². The van der Waals surface area contributed by atoms with Crippen LogP contribution in [-0.4, -0.2) is 0 Å². The first-order valence-electron chi connectivity index (χ1n) is 49.6. The zero-order chi connectivity index (χ0) is 95.2. The van der Waals surface area contributed by atoms with Crippen LogP contribution < -0.4 is 0 Å². The van der Waals surface area contributed by atoms with Crippen molar-refractivity contribution in [2.45, 2.75) is 6.92 Å². The largest absolute Gasteiger partial charge is 0.456 e. The number of benzene rings is 26. The Hall–Kier alpha value is -18.8. The molecule has 0 saturated carbocycles. The molecule has 0 aliphatic carbocycles. The van der Waals surface area contributed by atoms with Gasteiger partial charge in [-0.15, -0.1) is 0 Å². The average molecular weight is 1830 g/mol. The highest BCUT2D eigenvalue weighted by Gasteiger charge is 2.29. The van der Waals surface area contributed by atoms with Crippen molar-refractivity contribution in [2.75, 3.05) is 0 Å². The third-order valence-electron chi connectivity index (χ3n) is 29.4. The molecule has 0 fully saturated rings. The highest BCUT2D eigenvalue weighted by molar-refractivity contribution is 6.31. The van der Waals surface area contributed by atoms with Crippen LogP contribution in [0.4, 0.5) is 0 Å². The SMILES string of the molecule is Cc1ccc(-c2c3ccccc3c(-c3ccc(-c4cc5ccccc5c5ccccc45)c4oc5ccccc5c34)c3ccccc23)cc1.c1ccc(-c2cc(-c3ccccc3)cc(-c3c4ccccc4c(-c4cc(-c5ccccc5)cc5oc6ccccc6c45)c4ccccc34)c2)cc1.c1ccc(-c2cccc(-c3c4ccccc4c(-c4ccc(-c5ccccc5)c5oc6ccccc6c45)c4ccccc34)c2)cc1. The Labute approximate surface area is 833 Å². The van der Waals surface area contributed by atoms with E-state index in [1.165, 1.54) is 197 Å². The van der Waals surface area contributed by atoms with Crippen LogP contribution in [0.25, 0.3) is 286 Å².